The van der Waals surface area contributed by atoms with Crippen LogP contribution in [0.1, 0.15) is 25.5 Å². The average molecular weight is 357 g/mol. The first-order chi connectivity index (χ1) is 12.1. The molecular formula is C18H19N3O3S. The molecule has 3 heterocycles. The predicted octanol–water partition coefficient (Wildman–Crippen LogP) is 2.41. The highest BCUT2D eigenvalue weighted by Crippen LogP contribution is 2.47. The van der Waals surface area contributed by atoms with Crippen LogP contribution < -0.4 is 5.32 Å². The number of amides is 2. The molecule has 2 amide bonds. The molecule has 0 aliphatic carbocycles. The number of hydrogen-bond acceptors (Lipinski definition) is 5. The van der Waals surface area contributed by atoms with Gasteiger partial charge in [0.2, 0.25) is 11.8 Å². The van der Waals surface area contributed by atoms with Crippen LogP contribution in [-0.2, 0) is 16.1 Å². The van der Waals surface area contributed by atoms with E-state index in [0.29, 0.717) is 23.6 Å². The summed E-state index contributed by atoms with van der Waals surface area (Å²) in [5, 5.41) is 6.90. The quantitative estimate of drug-likeness (QED) is 0.909. The zero-order valence-corrected chi connectivity index (χ0v) is 14.7. The number of carbonyl (C=O) groups is 2. The zero-order chi connectivity index (χ0) is 17.4. The van der Waals surface area contributed by atoms with Crippen molar-refractivity contribution >= 4 is 23.6 Å². The van der Waals surface area contributed by atoms with Crippen LogP contribution in [0.3, 0.4) is 0 Å². The van der Waals surface area contributed by atoms with E-state index in [9.17, 15) is 9.59 Å². The highest BCUT2D eigenvalue weighted by atomic mass is 32.2. The van der Waals surface area contributed by atoms with Crippen molar-refractivity contribution in [2.24, 2.45) is 0 Å². The summed E-state index contributed by atoms with van der Waals surface area (Å²) < 4.78 is 5.34. The molecule has 0 bridgehead atoms. The van der Waals surface area contributed by atoms with Crippen molar-refractivity contribution in [3.8, 4) is 11.3 Å². The maximum absolute atomic E-state index is 12.5. The maximum atomic E-state index is 12.5. The van der Waals surface area contributed by atoms with Gasteiger partial charge in [-0.1, -0.05) is 35.5 Å². The molecule has 0 spiro atoms. The minimum Gasteiger partial charge on any atom is -0.356 e. The summed E-state index contributed by atoms with van der Waals surface area (Å²) in [7, 11) is 0. The number of aromatic nitrogens is 1. The van der Waals surface area contributed by atoms with Crippen molar-refractivity contribution in [2.75, 3.05) is 5.75 Å². The highest BCUT2D eigenvalue weighted by molar-refractivity contribution is 8.01. The lowest BCUT2D eigenvalue weighted by atomic mass is 10.1. The molecule has 2 saturated heterocycles. The summed E-state index contributed by atoms with van der Waals surface area (Å²) >= 11 is 1.69. The molecule has 2 aromatic rings. The van der Waals surface area contributed by atoms with Crippen molar-refractivity contribution in [3.05, 3.63) is 42.1 Å². The van der Waals surface area contributed by atoms with Gasteiger partial charge >= 0.3 is 0 Å². The Hall–Kier alpha value is -2.28. The van der Waals surface area contributed by atoms with Gasteiger partial charge in [-0.2, -0.15) is 0 Å². The van der Waals surface area contributed by atoms with Crippen LogP contribution in [-0.4, -0.2) is 38.5 Å². The first-order valence-electron chi connectivity index (χ1n) is 8.32. The molecule has 6 nitrogen and oxygen atoms in total. The Morgan fingerprint density at radius 1 is 1.44 bits per heavy atom. The Bertz CT molecular complexity index is 807. The fraction of sp³-hybridized carbons (Fsp3) is 0.389. The number of benzene rings is 1. The second-order valence-corrected chi connectivity index (χ2v) is 8.03. The molecule has 1 aromatic carbocycles. The van der Waals surface area contributed by atoms with Crippen LogP contribution in [0.2, 0.25) is 0 Å². The van der Waals surface area contributed by atoms with Gasteiger partial charge in [0.1, 0.15) is 11.7 Å². The van der Waals surface area contributed by atoms with E-state index >= 15 is 0 Å². The van der Waals surface area contributed by atoms with Gasteiger partial charge in [0.05, 0.1) is 11.4 Å². The van der Waals surface area contributed by atoms with Crippen molar-refractivity contribution in [3.63, 3.8) is 0 Å². The third-order valence-corrected chi connectivity index (χ3v) is 6.31. The number of thioether (sulfide) groups is 1. The standard InChI is InChI=1S/C18H19N3O3S/c1-18-8-7-16(22)21(18)14(11-25-18)17(23)19-10-13-9-15(24-20-13)12-5-3-2-4-6-12/h2-6,9,14H,7-8,10-11H2,1H3,(H,19,23)/t14-,18+/m0/s1. The lowest BCUT2D eigenvalue weighted by Gasteiger charge is -2.29. The van der Waals surface area contributed by atoms with E-state index in [1.165, 1.54) is 0 Å². The van der Waals surface area contributed by atoms with E-state index in [1.54, 1.807) is 16.7 Å². The number of fused-ring (bicyclic) bond motifs is 1. The van der Waals surface area contributed by atoms with Crippen LogP contribution >= 0.6 is 11.8 Å². The minimum atomic E-state index is -0.398. The van der Waals surface area contributed by atoms with E-state index < -0.39 is 6.04 Å². The topological polar surface area (TPSA) is 75.4 Å². The lowest BCUT2D eigenvalue weighted by molar-refractivity contribution is -0.138. The molecule has 7 heteroatoms. The van der Waals surface area contributed by atoms with Gasteiger partial charge in [-0.15, -0.1) is 11.8 Å². The average Bonchev–Trinajstić information content (AvgIpc) is 3.30. The molecule has 1 N–H and O–H groups in total. The van der Waals surface area contributed by atoms with Gasteiger partial charge in [-0.05, 0) is 13.3 Å². The fourth-order valence-electron chi connectivity index (χ4n) is 3.44. The normalized spacial score (nSPS) is 25.2. The Balaban J connectivity index is 1.40. The summed E-state index contributed by atoms with van der Waals surface area (Å²) in [6.07, 6.45) is 1.33. The summed E-state index contributed by atoms with van der Waals surface area (Å²) in [5.41, 5.74) is 1.60. The molecule has 25 heavy (non-hydrogen) atoms. The lowest BCUT2D eigenvalue weighted by Crippen LogP contribution is -2.49. The number of rotatable bonds is 4. The molecule has 1 aromatic heterocycles. The first-order valence-corrected chi connectivity index (χ1v) is 9.30. The van der Waals surface area contributed by atoms with Crippen LogP contribution in [0.5, 0.6) is 0 Å². The highest BCUT2D eigenvalue weighted by Gasteiger charge is 2.52. The van der Waals surface area contributed by atoms with Crippen molar-refractivity contribution in [1.82, 2.24) is 15.4 Å². The number of nitrogens with zero attached hydrogens (tertiary/aromatic N) is 2. The van der Waals surface area contributed by atoms with Crippen LogP contribution in [0.25, 0.3) is 11.3 Å². The molecule has 130 valence electrons. The predicted molar refractivity (Wildman–Crippen MR) is 94.5 cm³/mol. The van der Waals surface area contributed by atoms with Gasteiger partial charge in [0.15, 0.2) is 5.76 Å². The monoisotopic (exact) mass is 357 g/mol. The van der Waals surface area contributed by atoms with Crippen LogP contribution in [0, 0.1) is 0 Å². The Labute approximate surface area is 149 Å². The summed E-state index contributed by atoms with van der Waals surface area (Å²) in [4.78, 5) is 26.2. The second kappa shape index (κ2) is 6.22. The van der Waals surface area contributed by atoms with Crippen LogP contribution in [0.15, 0.2) is 40.9 Å². The summed E-state index contributed by atoms with van der Waals surface area (Å²) in [6, 6.07) is 11.1. The van der Waals surface area contributed by atoms with E-state index in [4.69, 9.17) is 4.52 Å². The van der Waals surface area contributed by atoms with Crippen LogP contribution in [0.4, 0.5) is 0 Å². The molecule has 2 aliphatic rings. The maximum Gasteiger partial charge on any atom is 0.244 e. The van der Waals surface area contributed by atoms with Gasteiger partial charge in [-0.25, -0.2) is 0 Å². The Kier molecular flexibility index (Phi) is 4.03. The molecule has 2 aliphatic heterocycles. The van der Waals surface area contributed by atoms with E-state index in [1.807, 2.05) is 43.3 Å². The molecule has 0 unspecified atom stereocenters. The summed E-state index contributed by atoms with van der Waals surface area (Å²) in [6.45, 7) is 2.33. The second-order valence-electron chi connectivity index (χ2n) is 6.53. The smallest absolute Gasteiger partial charge is 0.244 e. The van der Waals surface area contributed by atoms with E-state index in [0.717, 1.165) is 12.0 Å². The largest absolute Gasteiger partial charge is 0.356 e. The van der Waals surface area contributed by atoms with Gasteiger partial charge < -0.3 is 14.7 Å². The molecule has 2 atom stereocenters. The third-order valence-electron chi connectivity index (χ3n) is 4.81. The first kappa shape index (κ1) is 16.2. The van der Waals surface area contributed by atoms with E-state index in [2.05, 4.69) is 10.5 Å². The molecule has 2 fully saturated rings. The minimum absolute atomic E-state index is 0.0699. The number of carbonyl (C=O) groups excluding carboxylic acids is 2. The van der Waals surface area contributed by atoms with Crippen molar-refractivity contribution < 1.29 is 14.1 Å². The Morgan fingerprint density at radius 2 is 2.24 bits per heavy atom. The van der Waals surface area contributed by atoms with Crippen molar-refractivity contribution in [1.29, 1.82) is 0 Å². The molecular weight excluding hydrogens is 338 g/mol. The molecule has 0 saturated carbocycles. The number of nitrogens with one attached hydrogen (secondary N) is 1. The molecule has 0 radical (unpaired) electrons. The molecule has 4 rings (SSSR count). The van der Waals surface area contributed by atoms with Gasteiger partial charge in [-0.3, -0.25) is 9.59 Å². The Morgan fingerprint density at radius 3 is 3.04 bits per heavy atom. The van der Waals surface area contributed by atoms with Gasteiger partial charge in [0, 0.05) is 23.8 Å². The SMILES string of the molecule is C[C@@]12CCC(=O)N1[C@H](C(=O)NCc1cc(-c3ccccc3)on1)CS2. The van der Waals surface area contributed by atoms with Gasteiger partial charge in [0.25, 0.3) is 0 Å². The van der Waals surface area contributed by atoms with Crippen molar-refractivity contribution in [2.45, 2.75) is 37.2 Å². The summed E-state index contributed by atoms with van der Waals surface area (Å²) in [5.74, 6) is 1.25. The third kappa shape index (κ3) is 2.93. The number of hydrogen-bond donors (Lipinski definition) is 1. The zero-order valence-electron chi connectivity index (χ0n) is 13.9. The fourth-order valence-corrected chi connectivity index (χ4v) is 4.88. The van der Waals surface area contributed by atoms with E-state index in [-0.39, 0.29) is 23.2 Å².